The Bertz CT molecular complexity index is 499. The predicted octanol–water partition coefficient (Wildman–Crippen LogP) is 3.24. The minimum atomic E-state index is -0.456. The Hall–Kier alpha value is -1.14. The second-order valence-electron chi connectivity index (χ2n) is 4.98. The van der Waals surface area contributed by atoms with Crippen LogP contribution in [0.3, 0.4) is 0 Å². The molecule has 0 atom stereocenters. The van der Waals surface area contributed by atoms with Gasteiger partial charge in [0.15, 0.2) is 6.61 Å². The summed E-state index contributed by atoms with van der Waals surface area (Å²) >= 11 is 3.89. The highest BCUT2D eigenvalue weighted by atomic mass is 32.2. The summed E-state index contributed by atoms with van der Waals surface area (Å²) < 4.78 is 5.47. The molecule has 1 heterocycles. The molecule has 1 N–H and O–H groups in total. The highest BCUT2D eigenvalue weighted by molar-refractivity contribution is 8.16. The molecular formula is C16H21NO3S2. The van der Waals surface area contributed by atoms with Crippen LogP contribution in [0.2, 0.25) is 0 Å². The lowest BCUT2D eigenvalue weighted by atomic mass is 10.1. The molecule has 0 spiro atoms. The van der Waals surface area contributed by atoms with Crippen molar-refractivity contribution in [3.8, 4) is 0 Å². The maximum absolute atomic E-state index is 11.9. The number of rotatable bonds is 6. The highest BCUT2D eigenvalue weighted by Crippen LogP contribution is 2.43. The zero-order valence-corrected chi connectivity index (χ0v) is 14.3. The van der Waals surface area contributed by atoms with Gasteiger partial charge in [0.2, 0.25) is 0 Å². The average molecular weight is 339 g/mol. The molecule has 0 radical (unpaired) electrons. The third kappa shape index (κ3) is 5.25. The number of hydrogen-bond donors (Lipinski definition) is 1. The first-order chi connectivity index (χ1) is 10.7. The first kappa shape index (κ1) is 17.2. The van der Waals surface area contributed by atoms with Crippen molar-refractivity contribution in [2.45, 2.75) is 24.3 Å². The molecule has 1 fully saturated rings. The Morgan fingerprint density at radius 2 is 1.91 bits per heavy atom. The van der Waals surface area contributed by atoms with Crippen molar-refractivity contribution in [3.05, 3.63) is 35.4 Å². The summed E-state index contributed by atoms with van der Waals surface area (Å²) in [5.74, 6) is 1.66. The Morgan fingerprint density at radius 3 is 2.55 bits per heavy atom. The van der Waals surface area contributed by atoms with Gasteiger partial charge in [0, 0.05) is 6.54 Å². The van der Waals surface area contributed by atoms with E-state index in [1.165, 1.54) is 23.5 Å². The van der Waals surface area contributed by atoms with E-state index in [2.05, 4.69) is 5.32 Å². The fourth-order valence-electron chi connectivity index (χ4n) is 1.99. The Kier molecular flexibility index (Phi) is 7.12. The van der Waals surface area contributed by atoms with Gasteiger partial charge in [-0.05, 0) is 42.0 Å². The normalized spacial score (nSPS) is 15.3. The van der Waals surface area contributed by atoms with E-state index >= 15 is 0 Å². The summed E-state index contributed by atoms with van der Waals surface area (Å²) in [5, 5.41) is 2.67. The van der Waals surface area contributed by atoms with Crippen molar-refractivity contribution in [3.63, 3.8) is 0 Å². The van der Waals surface area contributed by atoms with Crippen LogP contribution in [0.4, 0.5) is 0 Å². The summed E-state index contributed by atoms with van der Waals surface area (Å²) in [7, 11) is 0. The topological polar surface area (TPSA) is 55.4 Å². The lowest BCUT2D eigenvalue weighted by molar-refractivity contribution is -0.124. The highest BCUT2D eigenvalue weighted by Gasteiger charge is 2.17. The molecule has 0 bridgehead atoms. The summed E-state index contributed by atoms with van der Waals surface area (Å²) in [4.78, 5) is 23.3. The standard InChI is InChI=1S/C16H21NO3S2/c1-2-8-17-14(18)11-20-15(19)12-4-6-13(7-5-12)16-21-9-3-10-22-16/h4-7,16H,2-3,8-11H2,1H3,(H,17,18). The predicted molar refractivity (Wildman–Crippen MR) is 92.3 cm³/mol. The van der Waals surface area contributed by atoms with E-state index in [-0.39, 0.29) is 12.5 Å². The van der Waals surface area contributed by atoms with Crippen LogP contribution < -0.4 is 5.32 Å². The van der Waals surface area contributed by atoms with Crippen LogP contribution in [0.15, 0.2) is 24.3 Å². The molecule has 0 aliphatic carbocycles. The van der Waals surface area contributed by atoms with Gasteiger partial charge in [0.25, 0.3) is 5.91 Å². The van der Waals surface area contributed by atoms with E-state index < -0.39 is 5.97 Å². The molecular weight excluding hydrogens is 318 g/mol. The molecule has 1 aliphatic heterocycles. The Morgan fingerprint density at radius 1 is 1.23 bits per heavy atom. The van der Waals surface area contributed by atoms with Gasteiger partial charge in [0.1, 0.15) is 0 Å². The average Bonchev–Trinajstić information content (AvgIpc) is 2.58. The summed E-state index contributed by atoms with van der Waals surface area (Å²) in [6, 6.07) is 7.50. The fraction of sp³-hybridized carbons (Fsp3) is 0.500. The van der Waals surface area contributed by atoms with Gasteiger partial charge in [-0.25, -0.2) is 4.79 Å². The van der Waals surface area contributed by atoms with Crippen molar-refractivity contribution in [1.29, 1.82) is 0 Å². The van der Waals surface area contributed by atoms with Gasteiger partial charge < -0.3 is 10.1 Å². The molecule has 2 rings (SSSR count). The van der Waals surface area contributed by atoms with Crippen molar-refractivity contribution >= 4 is 35.4 Å². The number of nitrogens with one attached hydrogen (secondary N) is 1. The van der Waals surface area contributed by atoms with E-state index in [4.69, 9.17) is 4.74 Å². The van der Waals surface area contributed by atoms with Crippen LogP contribution in [0.5, 0.6) is 0 Å². The maximum Gasteiger partial charge on any atom is 0.338 e. The first-order valence-electron chi connectivity index (χ1n) is 7.47. The van der Waals surface area contributed by atoms with Crippen LogP contribution in [0.1, 0.15) is 40.3 Å². The maximum atomic E-state index is 11.9. The molecule has 1 saturated heterocycles. The number of thioether (sulfide) groups is 2. The van der Waals surface area contributed by atoms with E-state index in [0.29, 0.717) is 16.7 Å². The van der Waals surface area contributed by atoms with Crippen molar-refractivity contribution in [2.24, 2.45) is 0 Å². The van der Waals surface area contributed by atoms with Crippen LogP contribution in [0.25, 0.3) is 0 Å². The minimum Gasteiger partial charge on any atom is -0.452 e. The third-order valence-electron chi connectivity index (χ3n) is 3.15. The van der Waals surface area contributed by atoms with Crippen molar-refractivity contribution < 1.29 is 14.3 Å². The number of hydrogen-bond acceptors (Lipinski definition) is 5. The first-order valence-corrected chi connectivity index (χ1v) is 9.57. The van der Waals surface area contributed by atoms with Crippen LogP contribution in [-0.4, -0.2) is 36.5 Å². The van der Waals surface area contributed by atoms with Crippen LogP contribution >= 0.6 is 23.5 Å². The zero-order chi connectivity index (χ0) is 15.8. The monoisotopic (exact) mass is 339 g/mol. The number of carbonyl (C=O) groups is 2. The SMILES string of the molecule is CCCNC(=O)COC(=O)c1ccc(C2SCCCS2)cc1. The second-order valence-corrected chi connectivity index (χ2v) is 7.70. The van der Waals surface area contributed by atoms with Gasteiger partial charge >= 0.3 is 5.97 Å². The summed E-state index contributed by atoms with van der Waals surface area (Å²) in [6.07, 6.45) is 2.12. The molecule has 1 aromatic rings. The van der Waals surface area contributed by atoms with E-state index in [9.17, 15) is 9.59 Å². The van der Waals surface area contributed by atoms with Crippen molar-refractivity contribution in [2.75, 3.05) is 24.7 Å². The van der Waals surface area contributed by atoms with E-state index in [0.717, 1.165) is 6.42 Å². The number of benzene rings is 1. The lowest BCUT2D eigenvalue weighted by Gasteiger charge is -2.21. The van der Waals surface area contributed by atoms with Gasteiger partial charge in [0.05, 0.1) is 10.1 Å². The molecule has 120 valence electrons. The third-order valence-corrected chi connectivity index (χ3v) is 6.17. The molecule has 22 heavy (non-hydrogen) atoms. The largest absolute Gasteiger partial charge is 0.452 e. The van der Waals surface area contributed by atoms with Crippen LogP contribution in [0, 0.1) is 0 Å². The second kappa shape index (κ2) is 9.10. The quantitative estimate of drug-likeness (QED) is 0.806. The molecule has 1 aromatic carbocycles. The Balaban J connectivity index is 1.84. The lowest BCUT2D eigenvalue weighted by Crippen LogP contribution is -2.29. The van der Waals surface area contributed by atoms with E-state index in [1.54, 1.807) is 12.1 Å². The summed E-state index contributed by atoms with van der Waals surface area (Å²) in [6.45, 7) is 2.34. The zero-order valence-electron chi connectivity index (χ0n) is 12.7. The van der Waals surface area contributed by atoms with Gasteiger partial charge in [-0.1, -0.05) is 19.1 Å². The van der Waals surface area contributed by atoms with Gasteiger partial charge in [-0.2, -0.15) is 0 Å². The van der Waals surface area contributed by atoms with Gasteiger partial charge in [-0.15, -0.1) is 23.5 Å². The number of ether oxygens (including phenoxy) is 1. The molecule has 0 aromatic heterocycles. The van der Waals surface area contributed by atoms with Crippen molar-refractivity contribution in [1.82, 2.24) is 5.32 Å². The summed E-state index contributed by atoms with van der Waals surface area (Å²) in [5.41, 5.74) is 1.71. The fourth-order valence-corrected chi connectivity index (χ4v) is 4.88. The van der Waals surface area contributed by atoms with E-state index in [1.807, 2.05) is 42.6 Å². The van der Waals surface area contributed by atoms with Gasteiger partial charge in [-0.3, -0.25) is 4.79 Å². The number of carbonyl (C=O) groups excluding carboxylic acids is 2. The minimum absolute atomic E-state index is 0.227. The molecule has 4 nitrogen and oxygen atoms in total. The smallest absolute Gasteiger partial charge is 0.338 e. The van der Waals surface area contributed by atoms with Crippen LogP contribution in [-0.2, 0) is 9.53 Å². The molecule has 0 unspecified atom stereocenters. The molecule has 6 heteroatoms. The molecule has 0 saturated carbocycles. The number of esters is 1. The Labute approximate surface area is 139 Å². The molecule has 1 amide bonds. The number of amides is 1. The molecule has 1 aliphatic rings.